The van der Waals surface area contributed by atoms with Crippen molar-refractivity contribution in [2.75, 3.05) is 18.9 Å². The van der Waals surface area contributed by atoms with Gasteiger partial charge in [0.2, 0.25) is 0 Å². The first-order chi connectivity index (χ1) is 19.6. The number of anilines is 1. The van der Waals surface area contributed by atoms with E-state index in [1.54, 1.807) is 24.8 Å². The largest absolute Gasteiger partial charge is 0.465 e. The number of carbonyl (C=O) groups excluding carboxylic acids is 1. The Morgan fingerprint density at radius 1 is 0.775 bits per heavy atom. The van der Waals surface area contributed by atoms with E-state index >= 15 is 0 Å². The summed E-state index contributed by atoms with van der Waals surface area (Å²) in [6.07, 6.45) is 8.81. The fourth-order valence-electron chi connectivity index (χ4n) is 5.38. The van der Waals surface area contributed by atoms with Gasteiger partial charge in [-0.2, -0.15) is 0 Å². The van der Waals surface area contributed by atoms with Crippen LogP contribution in [0, 0.1) is 0 Å². The second-order valence-electron chi connectivity index (χ2n) is 9.91. The maximum atomic E-state index is 11.6. The first kappa shape index (κ1) is 25.6. The van der Waals surface area contributed by atoms with E-state index in [1.165, 1.54) is 16.7 Å². The zero-order valence-corrected chi connectivity index (χ0v) is 22.0. The molecule has 3 N–H and O–H groups in total. The zero-order chi connectivity index (χ0) is 27.5. The van der Waals surface area contributed by atoms with Crippen molar-refractivity contribution < 1.29 is 14.6 Å². The van der Waals surface area contributed by atoms with E-state index in [-0.39, 0.29) is 12.6 Å². The van der Waals surface area contributed by atoms with Gasteiger partial charge in [0.25, 0.3) is 0 Å². The Morgan fingerprint density at radius 2 is 1.38 bits per heavy atom. The normalized spacial score (nSPS) is 15.0. The minimum Gasteiger partial charge on any atom is -0.465 e. The first-order valence-electron chi connectivity index (χ1n) is 13.3. The summed E-state index contributed by atoms with van der Waals surface area (Å²) < 4.78 is 5.15. The van der Waals surface area contributed by atoms with Crippen LogP contribution < -0.4 is 5.73 Å². The average molecular weight is 532 g/mol. The van der Waals surface area contributed by atoms with Crippen LogP contribution in [0.2, 0.25) is 0 Å². The minimum absolute atomic E-state index is 0.102. The number of fused-ring (bicyclic) bond motifs is 3. The molecule has 8 heteroatoms. The number of aromatic nitrogens is 2. The van der Waals surface area contributed by atoms with Crippen LogP contribution in [0.3, 0.4) is 0 Å². The van der Waals surface area contributed by atoms with Crippen molar-refractivity contribution in [2.45, 2.75) is 32.4 Å². The Bertz CT molecular complexity index is 1630. The van der Waals surface area contributed by atoms with Gasteiger partial charge in [0.15, 0.2) is 0 Å². The molecule has 2 aromatic carbocycles. The summed E-state index contributed by atoms with van der Waals surface area (Å²) >= 11 is 0. The number of esters is 1. The Hall–Kier alpha value is -4.69. The summed E-state index contributed by atoms with van der Waals surface area (Å²) in [5, 5.41) is 9.08. The van der Waals surface area contributed by atoms with Crippen molar-refractivity contribution >= 4 is 23.1 Å². The quantitative estimate of drug-likeness (QED) is 0.306. The zero-order valence-electron chi connectivity index (χ0n) is 22.0. The second-order valence-corrected chi connectivity index (χ2v) is 9.91. The van der Waals surface area contributed by atoms with Crippen LogP contribution in [0.5, 0.6) is 0 Å². The van der Waals surface area contributed by atoms with Crippen LogP contribution in [-0.4, -0.2) is 45.7 Å². The lowest BCUT2D eigenvalue weighted by Gasteiger charge is -2.09. The molecule has 3 aliphatic rings. The number of aliphatic imine (C=N–C) groups is 2. The molecule has 200 valence electrons. The highest BCUT2D eigenvalue weighted by atomic mass is 16.5. The topological polar surface area (TPSA) is 123 Å². The van der Waals surface area contributed by atoms with Gasteiger partial charge in [0.05, 0.1) is 37.5 Å². The van der Waals surface area contributed by atoms with Crippen molar-refractivity contribution in [2.24, 2.45) is 9.98 Å². The fourth-order valence-corrected chi connectivity index (χ4v) is 5.38. The van der Waals surface area contributed by atoms with E-state index in [0.29, 0.717) is 32.5 Å². The molecule has 0 amide bonds. The highest BCUT2D eigenvalue weighted by Gasteiger charge is 2.23. The fraction of sp³-hybridized carbons (Fsp3) is 0.219. The third kappa shape index (κ3) is 5.13. The van der Waals surface area contributed by atoms with Gasteiger partial charge in [0, 0.05) is 65.8 Å². The number of nitrogens with two attached hydrogens (primary N) is 1. The van der Waals surface area contributed by atoms with Gasteiger partial charge in [-0.25, -0.2) is 0 Å². The molecular weight excluding hydrogens is 502 g/mol. The molecule has 0 bridgehead atoms. The molecule has 0 spiro atoms. The number of nitrogen functional groups attached to an aromatic ring is 1. The van der Waals surface area contributed by atoms with E-state index in [2.05, 4.69) is 32.1 Å². The van der Waals surface area contributed by atoms with Crippen LogP contribution in [-0.2, 0) is 41.9 Å². The molecule has 7 rings (SSSR count). The first-order valence-corrected chi connectivity index (χ1v) is 13.3. The summed E-state index contributed by atoms with van der Waals surface area (Å²) in [5.74, 6) is -0.137. The summed E-state index contributed by atoms with van der Waals surface area (Å²) in [6.45, 7) is 1.91. The number of cyclic esters (lactones) is 1. The number of aliphatic hydroxyl groups excluding tert-OH is 1. The van der Waals surface area contributed by atoms with Crippen LogP contribution in [0.1, 0.15) is 50.1 Å². The predicted octanol–water partition coefficient (Wildman–Crippen LogP) is 3.62. The van der Waals surface area contributed by atoms with Crippen molar-refractivity contribution in [1.29, 1.82) is 0 Å². The van der Waals surface area contributed by atoms with Gasteiger partial charge in [0.1, 0.15) is 0 Å². The SMILES string of the molecule is Nc1cc2c(cc1CCO)C(c1ccncc1)=NC2.O=C1Cc2cc3c(cc2CCO1)C(c1ccncc1)=NC3. The highest BCUT2D eigenvalue weighted by molar-refractivity contribution is 6.16. The van der Waals surface area contributed by atoms with Gasteiger partial charge in [-0.15, -0.1) is 0 Å². The molecule has 3 aliphatic heterocycles. The number of ether oxygens (including phenoxy) is 1. The molecule has 0 fully saturated rings. The minimum atomic E-state index is -0.137. The van der Waals surface area contributed by atoms with Crippen molar-refractivity contribution in [3.05, 3.63) is 123 Å². The number of carbonyl (C=O) groups is 1. The number of pyridine rings is 2. The molecule has 0 saturated carbocycles. The van der Waals surface area contributed by atoms with Crippen LogP contribution in [0.4, 0.5) is 5.69 Å². The molecular formula is C32H29N5O3. The van der Waals surface area contributed by atoms with E-state index in [0.717, 1.165) is 56.9 Å². The lowest BCUT2D eigenvalue weighted by molar-refractivity contribution is -0.142. The summed E-state index contributed by atoms with van der Waals surface area (Å²) in [4.78, 5) is 28.9. The maximum Gasteiger partial charge on any atom is 0.310 e. The van der Waals surface area contributed by atoms with Gasteiger partial charge < -0.3 is 15.6 Å². The monoisotopic (exact) mass is 531 g/mol. The van der Waals surface area contributed by atoms with Gasteiger partial charge in [-0.3, -0.25) is 24.7 Å². The Morgan fingerprint density at radius 3 is 2.00 bits per heavy atom. The van der Waals surface area contributed by atoms with E-state index < -0.39 is 0 Å². The van der Waals surface area contributed by atoms with Gasteiger partial charge in [-0.1, -0.05) is 6.07 Å². The number of nitrogens with zero attached hydrogens (tertiary/aromatic N) is 4. The Kier molecular flexibility index (Phi) is 7.16. The molecule has 0 unspecified atom stereocenters. The molecule has 0 aliphatic carbocycles. The average Bonchev–Trinajstić information content (AvgIpc) is 3.53. The molecule has 5 heterocycles. The highest BCUT2D eigenvalue weighted by Crippen LogP contribution is 2.29. The van der Waals surface area contributed by atoms with E-state index in [9.17, 15) is 4.79 Å². The molecule has 0 atom stereocenters. The van der Waals surface area contributed by atoms with Crippen molar-refractivity contribution in [3.63, 3.8) is 0 Å². The van der Waals surface area contributed by atoms with Crippen LogP contribution in [0.25, 0.3) is 0 Å². The number of rotatable bonds is 4. The van der Waals surface area contributed by atoms with Crippen LogP contribution in [0.15, 0.2) is 83.3 Å². The molecule has 2 aromatic heterocycles. The van der Waals surface area contributed by atoms with Gasteiger partial charge in [-0.05, 0) is 76.7 Å². The number of aliphatic hydroxyl groups is 1. The van der Waals surface area contributed by atoms with E-state index in [1.807, 2.05) is 36.4 Å². The predicted molar refractivity (Wildman–Crippen MR) is 154 cm³/mol. The van der Waals surface area contributed by atoms with Crippen LogP contribution >= 0.6 is 0 Å². The number of benzene rings is 2. The summed E-state index contributed by atoms with van der Waals surface area (Å²) in [5.41, 5.74) is 18.8. The molecule has 8 nitrogen and oxygen atoms in total. The lowest BCUT2D eigenvalue weighted by atomic mass is 9.93. The standard InChI is InChI=1S/C17H14N2O2.C15H15N3O/c20-16-9-13-7-14-10-19-17(11-1-4-18-5-2-11)15(14)8-12(13)3-6-21-16;16-14-8-12-9-18-15(10-1-4-17-5-2-10)13(12)7-11(14)3-6-19/h1-2,4-5,7-8H,3,6,9-10H2;1-2,4-5,7-8,19H,3,6,9,16H2. The van der Waals surface area contributed by atoms with Crippen molar-refractivity contribution in [1.82, 2.24) is 9.97 Å². The number of hydrogen-bond acceptors (Lipinski definition) is 8. The third-order valence-electron chi connectivity index (χ3n) is 7.37. The summed E-state index contributed by atoms with van der Waals surface area (Å²) in [7, 11) is 0. The lowest BCUT2D eigenvalue weighted by Crippen LogP contribution is -2.06. The third-order valence-corrected chi connectivity index (χ3v) is 7.37. The Balaban J connectivity index is 0.000000145. The molecule has 40 heavy (non-hydrogen) atoms. The second kappa shape index (κ2) is 11.2. The number of hydrogen-bond donors (Lipinski definition) is 2. The molecule has 0 saturated heterocycles. The van der Waals surface area contributed by atoms with Gasteiger partial charge >= 0.3 is 5.97 Å². The van der Waals surface area contributed by atoms with Crippen molar-refractivity contribution in [3.8, 4) is 0 Å². The maximum absolute atomic E-state index is 11.6. The smallest absolute Gasteiger partial charge is 0.310 e. The molecule has 4 aromatic rings. The summed E-state index contributed by atoms with van der Waals surface area (Å²) in [6, 6.07) is 16.2. The van der Waals surface area contributed by atoms with E-state index in [4.69, 9.17) is 15.6 Å². The molecule has 0 radical (unpaired) electrons. The Labute approximate surface area is 232 Å².